The van der Waals surface area contributed by atoms with Crippen LogP contribution in [0.1, 0.15) is 26.3 Å². The number of rotatable bonds is 7. The number of carbonyl (C=O) groups excluding carboxylic acids is 2. The van der Waals surface area contributed by atoms with Crippen LogP contribution < -0.4 is 15.0 Å². The number of methoxy groups -OCH3 is 1. The number of amides is 2. The molecule has 0 aromatic heterocycles. The second kappa shape index (κ2) is 12.1. The lowest BCUT2D eigenvalue weighted by molar-refractivity contribution is 0.0303. The predicted molar refractivity (Wildman–Crippen MR) is 148 cm³/mol. The molecule has 2 heterocycles. The van der Waals surface area contributed by atoms with Gasteiger partial charge in [0.15, 0.2) is 0 Å². The van der Waals surface area contributed by atoms with Crippen molar-refractivity contribution in [2.45, 2.75) is 6.54 Å². The monoisotopic (exact) mass is 514 g/mol. The number of anilines is 2. The predicted octanol–water partition coefficient (Wildman–Crippen LogP) is 3.74. The van der Waals surface area contributed by atoms with Gasteiger partial charge in [0.05, 0.1) is 25.9 Å². The maximum Gasteiger partial charge on any atom is 0.256 e. The van der Waals surface area contributed by atoms with E-state index in [1.807, 2.05) is 29.2 Å². The Morgan fingerprint density at radius 3 is 2.26 bits per heavy atom. The summed E-state index contributed by atoms with van der Waals surface area (Å²) in [5.41, 5.74) is 3.93. The summed E-state index contributed by atoms with van der Waals surface area (Å²) in [6.45, 7) is 6.59. The van der Waals surface area contributed by atoms with Crippen molar-refractivity contribution in [3.8, 4) is 5.75 Å². The van der Waals surface area contributed by atoms with Crippen molar-refractivity contribution in [1.29, 1.82) is 0 Å². The van der Waals surface area contributed by atoms with Crippen molar-refractivity contribution in [3.63, 3.8) is 0 Å². The first-order valence-corrected chi connectivity index (χ1v) is 13.1. The van der Waals surface area contributed by atoms with Gasteiger partial charge in [0.2, 0.25) is 0 Å². The Hall–Kier alpha value is -3.88. The molecule has 0 aliphatic carbocycles. The molecule has 2 saturated heterocycles. The van der Waals surface area contributed by atoms with Crippen LogP contribution >= 0.6 is 0 Å². The van der Waals surface area contributed by atoms with Crippen LogP contribution in [0.15, 0.2) is 72.8 Å². The third-order valence-electron chi connectivity index (χ3n) is 7.10. The lowest BCUT2D eigenvalue weighted by atomic mass is 10.1. The SMILES string of the molecule is COc1ccc(C(=O)Nc2ccc(N3CCN(Cc4ccccc4)CC3)c(C(=O)N3CCOCC3)c2)cc1. The highest BCUT2D eigenvalue weighted by Gasteiger charge is 2.26. The Labute approximate surface area is 223 Å². The second-order valence-corrected chi connectivity index (χ2v) is 9.57. The molecule has 0 radical (unpaired) electrons. The maximum atomic E-state index is 13.7. The van der Waals surface area contributed by atoms with Crippen molar-refractivity contribution in [1.82, 2.24) is 9.80 Å². The lowest BCUT2D eigenvalue weighted by Crippen LogP contribution is -2.47. The molecule has 0 unspecified atom stereocenters. The Kier molecular flexibility index (Phi) is 8.21. The summed E-state index contributed by atoms with van der Waals surface area (Å²) in [7, 11) is 1.59. The van der Waals surface area contributed by atoms with Gasteiger partial charge in [-0.05, 0) is 48.0 Å². The third-order valence-corrected chi connectivity index (χ3v) is 7.10. The van der Waals surface area contributed by atoms with Gasteiger partial charge in [-0.1, -0.05) is 30.3 Å². The van der Waals surface area contributed by atoms with Crippen LogP contribution in [0.2, 0.25) is 0 Å². The summed E-state index contributed by atoms with van der Waals surface area (Å²) in [6.07, 6.45) is 0. The summed E-state index contributed by atoms with van der Waals surface area (Å²) in [5, 5.41) is 2.96. The molecule has 8 nitrogen and oxygen atoms in total. The van der Waals surface area contributed by atoms with E-state index in [1.165, 1.54) is 5.56 Å². The number of benzene rings is 3. The molecule has 0 bridgehead atoms. The van der Waals surface area contributed by atoms with Gasteiger partial charge in [0.1, 0.15) is 5.75 Å². The number of morpholine rings is 1. The fraction of sp³-hybridized carbons (Fsp3) is 0.333. The summed E-state index contributed by atoms with van der Waals surface area (Å²) in [5.74, 6) is 0.420. The molecule has 38 heavy (non-hydrogen) atoms. The molecule has 8 heteroatoms. The molecule has 3 aromatic rings. The van der Waals surface area contributed by atoms with Crippen molar-refractivity contribution >= 4 is 23.2 Å². The molecule has 1 N–H and O–H groups in total. The number of carbonyl (C=O) groups is 2. The van der Waals surface area contributed by atoms with Crippen molar-refractivity contribution in [2.24, 2.45) is 0 Å². The van der Waals surface area contributed by atoms with E-state index >= 15 is 0 Å². The molecule has 5 rings (SSSR count). The summed E-state index contributed by atoms with van der Waals surface area (Å²) in [6, 6.07) is 23.1. The topological polar surface area (TPSA) is 74.4 Å². The average molecular weight is 515 g/mol. The van der Waals surface area contributed by atoms with Gasteiger partial charge in [0, 0.05) is 62.8 Å². The van der Waals surface area contributed by atoms with Crippen molar-refractivity contribution in [3.05, 3.63) is 89.5 Å². The van der Waals surface area contributed by atoms with Crippen molar-refractivity contribution < 1.29 is 19.1 Å². The Bertz CT molecular complexity index is 1230. The summed E-state index contributed by atoms with van der Waals surface area (Å²) < 4.78 is 10.6. The second-order valence-electron chi connectivity index (χ2n) is 9.57. The fourth-order valence-electron chi connectivity index (χ4n) is 4.93. The van der Waals surface area contributed by atoms with Gasteiger partial charge >= 0.3 is 0 Å². The van der Waals surface area contributed by atoms with E-state index in [0.717, 1.165) is 38.4 Å². The number of nitrogens with zero attached hydrogens (tertiary/aromatic N) is 3. The van der Waals surface area contributed by atoms with Gasteiger partial charge in [-0.15, -0.1) is 0 Å². The standard InChI is InChI=1S/C30H34N4O4/c1-37-26-10-7-24(8-11-26)29(35)31-25-9-12-28(27(21-25)30(36)34-17-19-38-20-18-34)33-15-13-32(14-16-33)22-23-5-3-2-4-6-23/h2-12,21H,13-20,22H2,1H3,(H,31,35). The lowest BCUT2D eigenvalue weighted by Gasteiger charge is -2.37. The maximum absolute atomic E-state index is 13.7. The van der Waals surface area contributed by atoms with E-state index in [2.05, 4.69) is 39.4 Å². The minimum absolute atomic E-state index is 0.0319. The molecular weight excluding hydrogens is 480 g/mol. The molecule has 3 aromatic carbocycles. The van der Waals surface area contributed by atoms with Crippen LogP contribution in [0.5, 0.6) is 5.75 Å². The Balaban J connectivity index is 1.33. The molecule has 2 fully saturated rings. The first kappa shape index (κ1) is 25.8. The largest absolute Gasteiger partial charge is 0.497 e. The molecule has 0 spiro atoms. The zero-order valence-electron chi connectivity index (χ0n) is 21.8. The normalized spacial score (nSPS) is 16.2. The molecule has 2 aliphatic heterocycles. The van der Waals surface area contributed by atoms with Gasteiger partial charge in [-0.25, -0.2) is 0 Å². The molecular formula is C30H34N4O4. The van der Waals surface area contributed by atoms with E-state index in [9.17, 15) is 9.59 Å². The van der Waals surface area contributed by atoms with E-state index in [1.54, 1.807) is 31.4 Å². The smallest absolute Gasteiger partial charge is 0.256 e. The van der Waals surface area contributed by atoms with Gasteiger partial charge in [-0.3, -0.25) is 14.5 Å². The van der Waals surface area contributed by atoms with E-state index in [4.69, 9.17) is 9.47 Å². The highest BCUT2D eigenvalue weighted by molar-refractivity contribution is 6.06. The Morgan fingerprint density at radius 2 is 1.58 bits per heavy atom. The number of hydrogen-bond acceptors (Lipinski definition) is 6. The molecule has 0 atom stereocenters. The van der Waals surface area contributed by atoms with Crippen LogP contribution in [-0.4, -0.2) is 81.2 Å². The minimum Gasteiger partial charge on any atom is -0.497 e. The molecule has 2 aliphatic rings. The fourth-order valence-corrected chi connectivity index (χ4v) is 4.93. The van der Waals surface area contributed by atoms with Gasteiger partial charge < -0.3 is 24.6 Å². The number of ether oxygens (including phenoxy) is 2. The minimum atomic E-state index is -0.236. The van der Waals surface area contributed by atoms with Crippen LogP contribution in [0.3, 0.4) is 0 Å². The van der Waals surface area contributed by atoms with Crippen molar-refractivity contribution in [2.75, 3.05) is 69.8 Å². The first-order valence-electron chi connectivity index (χ1n) is 13.1. The highest BCUT2D eigenvalue weighted by Crippen LogP contribution is 2.28. The van der Waals surface area contributed by atoms with Gasteiger partial charge in [0.25, 0.3) is 11.8 Å². The van der Waals surface area contributed by atoms with Crippen LogP contribution in [-0.2, 0) is 11.3 Å². The average Bonchev–Trinajstić information content (AvgIpc) is 2.98. The van der Waals surface area contributed by atoms with Crippen LogP contribution in [0.4, 0.5) is 11.4 Å². The first-order chi connectivity index (χ1) is 18.6. The zero-order chi connectivity index (χ0) is 26.3. The number of hydrogen-bond donors (Lipinski definition) is 1. The van der Waals surface area contributed by atoms with Crippen LogP contribution in [0.25, 0.3) is 0 Å². The summed E-state index contributed by atoms with van der Waals surface area (Å²) in [4.78, 5) is 33.1. The van der Waals surface area contributed by atoms with Crippen LogP contribution in [0, 0.1) is 0 Å². The quantitative estimate of drug-likeness (QED) is 0.518. The van der Waals surface area contributed by atoms with E-state index in [0.29, 0.717) is 48.9 Å². The number of piperazine rings is 1. The number of nitrogens with one attached hydrogen (secondary N) is 1. The van der Waals surface area contributed by atoms with Gasteiger partial charge in [-0.2, -0.15) is 0 Å². The molecule has 0 saturated carbocycles. The third kappa shape index (κ3) is 6.15. The molecule has 2 amide bonds. The Morgan fingerprint density at radius 1 is 0.868 bits per heavy atom. The highest BCUT2D eigenvalue weighted by atomic mass is 16.5. The zero-order valence-corrected chi connectivity index (χ0v) is 21.8. The van der Waals surface area contributed by atoms with E-state index < -0.39 is 0 Å². The van der Waals surface area contributed by atoms with E-state index in [-0.39, 0.29) is 11.8 Å². The molecule has 198 valence electrons. The summed E-state index contributed by atoms with van der Waals surface area (Å²) >= 11 is 0.